The van der Waals surface area contributed by atoms with Crippen LogP contribution in [0.25, 0.3) is 10.9 Å². The molecule has 0 spiro atoms. The topological polar surface area (TPSA) is 165 Å². The van der Waals surface area contributed by atoms with E-state index in [0.29, 0.717) is 89.0 Å². The average Bonchev–Trinajstić information content (AvgIpc) is 3.69. The van der Waals surface area contributed by atoms with Crippen LogP contribution in [0, 0.1) is 28.8 Å². The number of ether oxygens (including phenoxy) is 1. The van der Waals surface area contributed by atoms with E-state index < -0.39 is 47.7 Å². The predicted octanol–water partition coefficient (Wildman–Crippen LogP) is 9.26. The number of rotatable bonds is 14. The van der Waals surface area contributed by atoms with Crippen LogP contribution < -0.4 is 35.8 Å². The number of imide groups is 1. The van der Waals surface area contributed by atoms with Crippen molar-refractivity contribution in [2.75, 3.05) is 92.7 Å². The third-order valence-corrected chi connectivity index (χ3v) is 17.3. The van der Waals surface area contributed by atoms with Crippen molar-refractivity contribution in [3.8, 4) is 5.75 Å². The number of carbonyl (C=O) groups excluding carboxylic acids is 3. The van der Waals surface area contributed by atoms with Gasteiger partial charge in [-0.25, -0.2) is 23.1 Å². The lowest BCUT2D eigenvalue weighted by molar-refractivity contribution is -0.140. The highest BCUT2D eigenvalue weighted by Gasteiger charge is 2.46. The number of piperazine rings is 1. The van der Waals surface area contributed by atoms with Gasteiger partial charge in [0.25, 0.3) is 0 Å². The number of amides is 3. The molecule has 4 aliphatic heterocycles. The molecule has 6 heterocycles. The minimum Gasteiger partial charge on any atom is -0.492 e. The molecule has 3 amide bonds. The first-order valence-corrected chi connectivity index (χ1v) is 29.1. The summed E-state index contributed by atoms with van der Waals surface area (Å²) in [5, 5.41) is 9.78. The zero-order valence-corrected chi connectivity index (χ0v) is 45.6. The maximum absolute atomic E-state index is 15.7. The first kappa shape index (κ1) is 53.1. The molecular formula is C54H65BrF3N10O5P. The fraction of sp³-hybridized carbons (Fsp3) is 0.481. The maximum Gasteiger partial charge on any atom is 0.234 e. The van der Waals surface area contributed by atoms with Gasteiger partial charge in [0, 0.05) is 116 Å². The molecule has 4 aliphatic rings. The van der Waals surface area contributed by atoms with Crippen molar-refractivity contribution in [2.24, 2.45) is 11.3 Å². The summed E-state index contributed by atoms with van der Waals surface area (Å²) in [6, 6.07) is 12.0. The van der Waals surface area contributed by atoms with Gasteiger partial charge in [-0.3, -0.25) is 24.6 Å². The summed E-state index contributed by atoms with van der Waals surface area (Å²) in [6.07, 6.45) is 4.97. The number of hydrogen-bond acceptors (Lipinski definition) is 13. The lowest BCUT2D eigenvalue weighted by Gasteiger charge is -2.44. The molecule has 74 heavy (non-hydrogen) atoms. The number of halogens is 4. The van der Waals surface area contributed by atoms with Crippen molar-refractivity contribution in [3.05, 3.63) is 87.4 Å². The first-order chi connectivity index (χ1) is 35.3. The van der Waals surface area contributed by atoms with E-state index in [-0.39, 0.29) is 41.7 Å². The summed E-state index contributed by atoms with van der Waals surface area (Å²) >= 11 is 3.56. The molecule has 4 saturated heterocycles. The van der Waals surface area contributed by atoms with Crippen molar-refractivity contribution >= 4 is 91.5 Å². The Morgan fingerprint density at radius 1 is 0.878 bits per heavy atom. The van der Waals surface area contributed by atoms with Crippen molar-refractivity contribution in [2.45, 2.75) is 85.1 Å². The summed E-state index contributed by atoms with van der Waals surface area (Å²) in [6.45, 7) is 19.0. The van der Waals surface area contributed by atoms with E-state index in [9.17, 15) is 18.9 Å². The summed E-state index contributed by atoms with van der Waals surface area (Å²) in [4.78, 5) is 60.9. The highest BCUT2D eigenvalue weighted by atomic mass is 79.9. The SMILES string of the molecule is CCOc1cc(N2CCC(N3CCN(C(=O)[C@H]4CN(c5cc(F)c([C@H]6CCC(=O)NC6=O)c(F)c5)CC4(C)C)CC3)CC2)c(CC)cc1Nc1ncc(Br)c(Nc2cc(F)c3nc(CC)ccc3c2P(C)(C)=O)n1. The molecule has 0 saturated carbocycles. The molecule has 15 nitrogen and oxygen atoms in total. The van der Waals surface area contributed by atoms with E-state index in [1.807, 2.05) is 43.6 Å². The van der Waals surface area contributed by atoms with E-state index in [2.05, 4.69) is 70.7 Å². The minimum atomic E-state index is -2.95. The van der Waals surface area contributed by atoms with Crippen LogP contribution in [0.15, 0.2) is 53.1 Å². The van der Waals surface area contributed by atoms with Crippen LogP contribution in [0.3, 0.4) is 0 Å². The van der Waals surface area contributed by atoms with E-state index in [1.54, 1.807) is 25.6 Å². The van der Waals surface area contributed by atoms with Gasteiger partial charge in [-0.2, -0.15) is 4.98 Å². The molecule has 2 aromatic heterocycles. The number of hydrogen-bond donors (Lipinski definition) is 3. The number of carbonyl (C=O) groups is 3. The number of fused-ring (bicyclic) bond motifs is 1. The number of aromatic nitrogens is 3. The second-order valence-corrected chi connectivity index (χ2v) is 24.9. The van der Waals surface area contributed by atoms with Crippen LogP contribution in [0.4, 0.5) is 47.7 Å². The van der Waals surface area contributed by atoms with Crippen molar-refractivity contribution in [1.82, 2.24) is 30.1 Å². The van der Waals surface area contributed by atoms with Crippen LogP contribution in [-0.4, -0.2) is 121 Å². The standard InChI is InChI=1S/C54H65BrF3N10O5P/c1-8-31-23-42(62-53-59-28-38(55)50(64-53)61-43-26-41(58)48-36(49(43)74(6,7)72)12-11-32(9-2)60-48)45(73-10-3)27-44(31)66-17-15-33(16-18-66)65-19-21-67(22-20-65)52(71)37-29-68(30-54(37,4)5)34-24-39(56)47(40(57)25-34)35-13-14-46(69)63-51(35)70/h11-12,23-28,33,35,37H,8-10,13-22,29-30H2,1-7H3,(H,63,69,70)(H2,59,61,62,64)/t35-,37-/m1/s1. The van der Waals surface area contributed by atoms with Crippen molar-refractivity contribution < 1.29 is 36.9 Å². The Morgan fingerprint density at radius 3 is 2.24 bits per heavy atom. The van der Waals surface area contributed by atoms with E-state index in [0.717, 1.165) is 62.4 Å². The lowest BCUT2D eigenvalue weighted by atomic mass is 9.81. The molecule has 0 bridgehead atoms. The quantitative estimate of drug-likeness (QED) is 0.0713. The van der Waals surface area contributed by atoms with Gasteiger partial charge in [0.1, 0.15) is 35.9 Å². The molecule has 9 rings (SSSR count). The molecule has 3 N–H and O–H groups in total. The third-order valence-electron chi connectivity index (χ3n) is 15.2. The summed E-state index contributed by atoms with van der Waals surface area (Å²) in [5.41, 5.74) is 3.72. The van der Waals surface area contributed by atoms with Gasteiger partial charge in [-0.15, -0.1) is 0 Å². The molecule has 4 fully saturated rings. The van der Waals surface area contributed by atoms with Crippen molar-refractivity contribution in [3.63, 3.8) is 0 Å². The molecular weight excluding hydrogens is 1040 g/mol. The Kier molecular flexibility index (Phi) is 15.4. The number of benzene rings is 3. The van der Waals surface area contributed by atoms with E-state index in [4.69, 9.17) is 9.72 Å². The second kappa shape index (κ2) is 21.5. The van der Waals surface area contributed by atoms with Crippen LogP contribution in [0.5, 0.6) is 5.75 Å². The largest absolute Gasteiger partial charge is 0.492 e. The average molecular weight is 1100 g/mol. The zero-order valence-electron chi connectivity index (χ0n) is 43.1. The first-order valence-electron chi connectivity index (χ1n) is 25.7. The van der Waals surface area contributed by atoms with Crippen LogP contribution >= 0.6 is 23.1 Å². The van der Waals surface area contributed by atoms with Gasteiger partial charge >= 0.3 is 0 Å². The summed E-state index contributed by atoms with van der Waals surface area (Å²) < 4.78 is 67.2. The van der Waals surface area contributed by atoms with Gasteiger partial charge in [0.2, 0.25) is 23.7 Å². The highest BCUT2D eigenvalue weighted by Crippen LogP contribution is 2.44. The molecule has 3 aromatic carbocycles. The van der Waals surface area contributed by atoms with E-state index in [1.165, 1.54) is 18.2 Å². The van der Waals surface area contributed by atoms with Gasteiger partial charge in [0.05, 0.1) is 34.3 Å². The van der Waals surface area contributed by atoms with Crippen LogP contribution in [0.1, 0.15) is 83.0 Å². The minimum absolute atomic E-state index is 0.0145. The predicted molar refractivity (Wildman–Crippen MR) is 288 cm³/mol. The molecule has 0 unspecified atom stereocenters. The second-order valence-electron chi connectivity index (χ2n) is 20.9. The Bertz CT molecular complexity index is 3030. The monoisotopic (exact) mass is 1100 g/mol. The van der Waals surface area contributed by atoms with Crippen LogP contribution in [0.2, 0.25) is 0 Å². The van der Waals surface area contributed by atoms with Crippen LogP contribution in [-0.2, 0) is 31.8 Å². The van der Waals surface area contributed by atoms with E-state index >= 15 is 13.2 Å². The molecule has 5 aromatic rings. The highest BCUT2D eigenvalue weighted by molar-refractivity contribution is 9.10. The molecule has 394 valence electrons. The molecule has 2 atom stereocenters. The number of nitrogens with one attached hydrogen (secondary N) is 3. The fourth-order valence-corrected chi connectivity index (χ4v) is 13.0. The van der Waals surface area contributed by atoms with Gasteiger partial charge < -0.3 is 34.6 Å². The lowest BCUT2D eigenvalue weighted by Crippen LogP contribution is -2.56. The number of nitrogens with zero attached hydrogens (tertiary/aromatic N) is 7. The normalized spacial score (nSPS) is 19.8. The molecule has 0 aliphatic carbocycles. The summed E-state index contributed by atoms with van der Waals surface area (Å²) in [7, 11) is -2.95. The number of anilines is 6. The Morgan fingerprint density at radius 2 is 1.59 bits per heavy atom. The smallest absolute Gasteiger partial charge is 0.234 e. The third kappa shape index (κ3) is 10.8. The Balaban J connectivity index is 0.827. The summed E-state index contributed by atoms with van der Waals surface area (Å²) in [5.74, 6) is -3.47. The maximum atomic E-state index is 15.7. The molecule has 20 heteroatoms. The number of aryl methyl sites for hydroxylation is 2. The van der Waals surface area contributed by atoms with Crippen molar-refractivity contribution in [1.29, 1.82) is 0 Å². The Labute approximate surface area is 438 Å². The Hall–Kier alpha value is -5.78. The number of piperidine rings is 2. The molecule has 0 radical (unpaired) electrons. The van der Waals surface area contributed by atoms with Gasteiger partial charge in [-0.05, 0) is 104 Å². The fourth-order valence-electron chi connectivity index (χ4n) is 11.3. The number of pyridine rings is 1. The van der Waals surface area contributed by atoms with Gasteiger partial charge in [0.15, 0.2) is 5.82 Å². The van der Waals surface area contributed by atoms with Gasteiger partial charge in [-0.1, -0.05) is 33.8 Å². The zero-order chi connectivity index (χ0) is 52.8.